The molecular formula is C22H22N6O2S. The van der Waals surface area contributed by atoms with Gasteiger partial charge in [-0.15, -0.1) is 0 Å². The molecule has 31 heavy (non-hydrogen) atoms. The number of anilines is 2. The molecule has 3 N–H and O–H groups in total. The van der Waals surface area contributed by atoms with Crippen molar-refractivity contribution in [2.24, 2.45) is 5.92 Å². The van der Waals surface area contributed by atoms with Crippen molar-refractivity contribution >= 4 is 38.2 Å². The molecule has 0 bridgehead atoms. The van der Waals surface area contributed by atoms with Crippen LogP contribution in [0.1, 0.15) is 30.9 Å². The number of nitrogens with one attached hydrogen (secondary N) is 3. The van der Waals surface area contributed by atoms with E-state index < -0.39 is 20.1 Å². The number of fused-ring (bicyclic) bond motifs is 3. The molecule has 6 rings (SSSR count). The Morgan fingerprint density at radius 3 is 2.81 bits per heavy atom. The van der Waals surface area contributed by atoms with Gasteiger partial charge in [-0.2, -0.15) is 0 Å². The molecule has 8 nitrogen and oxygen atoms in total. The summed E-state index contributed by atoms with van der Waals surface area (Å²) in [5.74, 6) is 0.794. The number of sulfone groups is 1. The Hall–Kier alpha value is -3.07. The fourth-order valence-corrected chi connectivity index (χ4v) is 7.42. The van der Waals surface area contributed by atoms with Gasteiger partial charge < -0.3 is 10.6 Å². The Balaban J connectivity index is 1.35. The molecule has 0 amide bonds. The van der Waals surface area contributed by atoms with Gasteiger partial charge >= 0.3 is 0 Å². The molecule has 0 unspecified atom stereocenters. The van der Waals surface area contributed by atoms with Crippen LogP contribution in [0.2, 0.25) is 0 Å². The van der Waals surface area contributed by atoms with Crippen LogP contribution in [0.3, 0.4) is 0 Å². The molecule has 2 fully saturated rings. The first-order valence-electron chi connectivity index (χ1n) is 10.4. The largest absolute Gasteiger partial charge is 0.362 e. The molecule has 0 aromatic carbocycles. The van der Waals surface area contributed by atoms with E-state index in [1.54, 1.807) is 25.5 Å². The fraction of sp³-hybridized carbons (Fsp3) is 0.364. The summed E-state index contributed by atoms with van der Waals surface area (Å²) in [6, 6.07) is 7.47. The van der Waals surface area contributed by atoms with Crippen molar-refractivity contribution in [2.45, 2.75) is 36.5 Å². The molecule has 158 valence electrons. The quantitative estimate of drug-likeness (QED) is 0.579. The van der Waals surface area contributed by atoms with E-state index in [4.69, 9.17) is 5.41 Å². The van der Waals surface area contributed by atoms with Gasteiger partial charge in [-0.25, -0.2) is 13.4 Å². The normalized spacial score (nSPS) is 28.6. The van der Waals surface area contributed by atoms with Gasteiger partial charge in [-0.1, -0.05) is 0 Å². The zero-order valence-electron chi connectivity index (χ0n) is 17.0. The van der Waals surface area contributed by atoms with Gasteiger partial charge in [0.05, 0.1) is 22.5 Å². The lowest BCUT2D eigenvalue weighted by Crippen LogP contribution is -2.70. The molecule has 4 heterocycles. The number of rotatable bonds is 3. The fourth-order valence-electron chi connectivity index (χ4n) is 5.03. The van der Waals surface area contributed by atoms with Crippen molar-refractivity contribution in [1.82, 2.24) is 20.3 Å². The first-order chi connectivity index (χ1) is 14.8. The maximum absolute atomic E-state index is 13.3. The third kappa shape index (κ3) is 2.56. The van der Waals surface area contributed by atoms with Gasteiger partial charge in [0.25, 0.3) is 0 Å². The van der Waals surface area contributed by atoms with Gasteiger partial charge in [0.15, 0.2) is 9.84 Å². The highest BCUT2D eigenvalue weighted by molar-refractivity contribution is 7.93. The number of nitrogens with zero attached hydrogens (tertiary/aromatic N) is 3. The monoisotopic (exact) mass is 434 g/mol. The van der Waals surface area contributed by atoms with E-state index in [9.17, 15) is 8.42 Å². The number of pyridine rings is 3. The molecule has 3 aromatic heterocycles. The van der Waals surface area contributed by atoms with Crippen LogP contribution >= 0.6 is 0 Å². The molecule has 1 aliphatic heterocycles. The SMILES string of the molecule is C[C@]1(C2CC2)C(=N)N[C@@]2(Cc3cnc(Nc4ccnc5cccnc45)cc32)CS1(=O)=O. The third-order valence-corrected chi connectivity index (χ3v) is 9.76. The van der Waals surface area contributed by atoms with Gasteiger partial charge in [0.1, 0.15) is 21.9 Å². The van der Waals surface area contributed by atoms with E-state index in [2.05, 4.69) is 25.6 Å². The minimum atomic E-state index is -3.47. The highest BCUT2D eigenvalue weighted by atomic mass is 32.2. The predicted octanol–water partition coefficient (Wildman–Crippen LogP) is 2.68. The first-order valence-corrected chi connectivity index (χ1v) is 12.0. The Morgan fingerprint density at radius 1 is 1.19 bits per heavy atom. The number of aromatic nitrogens is 3. The summed E-state index contributed by atoms with van der Waals surface area (Å²) >= 11 is 0. The van der Waals surface area contributed by atoms with E-state index in [0.29, 0.717) is 12.2 Å². The Kier molecular flexibility index (Phi) is 3.62. The summed E-state index contributed by atoms with van der Waals surface area (Å²) in [6.45, 7) is 1.71. The molecule has 1 spiro atoms. The van der Waals surface area contributed by atoms with Crippen molar-refractivity contribution in [3.05, 3.63) is 54.0 Å². The zero-order valence-corrected chi connectivity index (χ0v) is 17.8. The van der Waals surface area contributed by atoms with Crippen LogP contribution in [0, 0.1) is 11.3 Å². The average Bonchev–Trinajstić information content (AvgIpc) is 3.58. The molecule has 3 aliphatic rings. The second kappa shape index (κ2) is 6.00. The summed E-state index contributed by atoms with van der Waals surface area (Å²) in [5.41, 5.74) is 3.45. The molecule has 2 atom stereocenters. The maximum Gasteiger partial charge on any atom is 0.165 e. The minimum absolute atomic E-state index is 0.00553. The van der Waals surface area contributed by atoms with E-state index in [1.165, 1.54) is 0 Å². The smallest absolute Gasteiger partial charge is 0.165 e. The predicted molar refractivity (Wildman–Crippen MR) is 118 cm³/mol. The van der Waals surface area contributed by atoms with Crippen LogP contribution in [0.15, 0.2) is 42.9 Å². The van der Waals surface area contributed by atoms with Crippen molar-refractivity contribution in [2.75, 3.05) is 11.1 Å². The summed E-state index contributed by atoms with van der Waals surface area (Å²) in [7, 11) is -3.47. The molecular weight excluding hydrogens is 412 g/mol. The van der Waals surface area contributed by atoms with Crippen LogP contribution in [0.5, 0.6) is 0 Å². The van der Waals surface area contributed by atoms with Gasteiger partial charge in [0, 0.05) is 25.0 Å². The second-order valence-corrected chi connectivity index (χ2v) is 11.3. The summed E-state index contributed by atoms with van der Waals surface area (Å²) in [5, 5.41) is 15.2. The second-order valence-electron chi connectivity index (χ2n) is 8.98. The number of amidine groups is 1. The molecule has 0 radical (unpaired) electrons. The highest BCUT2D eigenvalue weighted by Gasteiger charge is 2.62. The molecule has 1 saturated carbocycles. The number of hydrogen-bond donors (Lipinski definition) is 3. The van der Waals surface area contributed by atoms with Crippen LogP contribution in [-0.4, -0.2) is 39.7 Å². The number of hydrogen-bond acceptors (Lipinski definition) is 7. The highest BCUT2D eigenvalue weighted by Crippen LogP contribution is 2.51. The van der Waals surface area contributed by atoms with Crippen molar-refractivity contribution in [1.29, 1.82) is 5.41 Å². The van der Waals surface area contributed by atoms with Crippen molar-refractivity contribution in [3.8, 4) is 0 Å². The van der Waals surface area contributed by atoms with E-state index in [0.717, 1.165) is 40.7 Å². The maximum atomic E-state index is 13.3. The van der Waals surface area contributed by atoms with E-state index >= 15 is 0 Å². The average molecular weight is 435 g/mol. The van der Waals surface area contributed by atoms with Crippen LogP contribution in [0.25, 0.3) is 11.0 Å². The van der Waals surface area contributed by atoms with Gasteiger partial charge in [-0.05, 0) is 61.1 Å². The zero-order chi connectivity index (χ0) is 21.4. The third-order valence-electron chi connectivity index (χ3n) is 7.05. The lowest BCUT2D eigenvalue weighted by Gasteiger charge is -2.52. The first kappa shape index (κ1) is 18.7. The van der Waals surface area contributed by atoms with Gasteiger partial charge in [0.2, 0.25) is 0 Å². The summed E-state index contributed by atoms with van der Waals surface area (Å²) in [6.07, 6.45) is 7.51. The summed E-state index contributed by atoms with van der Waals surface area (Å²) in [4.78, 5) is 13.2. The topological polar surface area (TPSA) is 121 Å². The van der Waals surface area contributed by atoms with Crippen LogP contribution in [-0.2, 0) is 21.8 Å². The van der Waals surface area contributed by atoms with Crippen molar-refractivity contribution < 1.29 is 8.42 Å². The molecule has 1 saturated heterocycles. The molecule has 2 aliphatic carbocycles. The Labute approximate surface area is 180 Å². The van der Waals surface area contributed by atoms with Crippen LogP contribution < -0.4 is 10.6 Å². The van der Waals surface area contributed by atoms with E-state index in [-0.39, 0.29) is 17.5 Å². The molecule has 3 aromatic rings. The Bertz CT molecular complexity index is 1360. The minimum Gasteiger partial charge on any atom is -0.362 e. The van der Waals surface area contributed by atoms with Gasteiger partial charge in [-0.3, -0.25) is 15.4 Å². The van der Waals surface area contributed by atoms with E-state index in [1.807, 2.05) is 24.3 Å². The summed E-state index contributed by atoms with van der Waals surface area (Å²) < 4.78 is 25.5. The van der Waals surface area contributed by atoms with Crippen molar-refractivity contribution in [3.63, 3.8) is 0 Å². The molecule has 9 heteroatoms. The standard InChI is InChI=1S/C22H22N6O2S/c1-21(14-4-5-14)20(23)28-22(12-31(21,29)30)10-13-11-26-18(9-15(13)22)27-17-6-8-24-16-3-2-7-25-19(16)17/h2-3,6-9,11,14H,4-5,10,12H2,1H3,(H2,23,28)(H,24,26,27)/t21-,22-/m0/s1. The lowest BCUT2D eigenvalue weighted by molar-refractivity contribution is 0.349. The Morgan fingerprint density at radius 2 is 2.03 bits per heavy atom. The van der Waals surface area contributed by atoms with Crippen LogP contribution in [0.4, 0.5) is 11.5 Å². The lowest BCUT2D eigenvalue weighted by atomic mass is 9.72.